The predicted octanol–water partition coefficient (Wildman–Crippen LogP) is 1.78. The number of benzene rings is 1. The van der Waals surface area contributed by atoms with Gasteiger partial charge in [-0.2, -0.15) is 0 Å². The van der Waals surface area contributed by atoms with E-state index in [-0.39, 0.29) is 24.3 Å². The molecule has 1 aliphatic carbocycles. The van der Waals surface area contributed by atoms with Crippen LogP contribution in [0.2, 0.25) is 0 Å². The molecule has 4 heteroatoms. The van der Waals surface area contributed by atoms with E-state index in [9.17, 15) is 9.59 Å². The van der Waals surface area contributed by atoms with Crippen LogP contribution in [0.4, 0.5) is 0 Å². The molecule has 2 fully saturated rings. The molecule has 0 spiro atoms. The van der Waals surface area contributed by atoms with Crippen LogP contribution in [0.5, 0.6) is 0 Å². The van der Waals surface area contributed by atoms with Gasteiger partial charge in [0.15, 0.2) is 0 Å². The van der Waals surface area contributed by atoms with Crippen LogP contribution in [0.25, 0.3) is 0 Å². The van der Waals surface area contributed by atoms with Crippen molar-refractivity contribution in [3.63, 3.8) is 0 Å². The number of piperidine rings is 1. The summed E-state index contributed by atoms with van der Waals surface area (Å²) in [6, 6.07) is 9.97. The van der Waals surface area contributed by atoms with Gasteiger partial charge in [0.2, 0.25) is 0 Å². The Hall–Kier alpha value is -1.68. The smallest absolute Gasteiger partial charge is 0.320 e. The van der Waals surface area contributed by atoms with Gasteiger partial charge in [0, 0.05) is 6.04 Å². The molecule has 2 aliphatic rings. The molecular formula is C16H19NO3. The molecule has 20 heavy (non-hydrogen) atoms. The third-order valence-corrected chi connectivity index (χ3v) is 4.26. The van der Waals surface area contributed by atoms with Crippen LogP contribution in [0, 0.1) is 5.92 Å². The summed E-state index contributed by atoms with van der Waals surface area (Å²) in [4.78, 5) is 25.5. The Morgan fingerprint density at radius 2 is 2.00 bits per heavy atom. The molecule has 4 nitrogen and oxygen atoms in total. The van der Waals surface area contributed by atoms with E-state index in [2.05, 4.69) is 0 Å². The first kappa shape index (κ1) is 13.3. The largest absolute Gasteiger partial charge is 0.460 e. The van der Waals surface area contributed by atoms with Gasteiger partial charge in [0.1, 0.15) is 12.4 Å². The zero-order chi connectivity index (χ0) is 14.1. The molecule has 1 aromatic rings. The van der Waals surface area contributed by atoms with E-state index in [1.54, 1.807) is 6.92 Å². The molecule has 0 aromatic heterocycles. The fourth-order valence-corrected chi connectivity index (χ4v) is 3.10. The fraction of sp³-hybridized carbons (Fsp3) is 0.500. The van der Waals surface area contributed by atoms with Crippen molar-refractivity contribution < 1.29 is 14.3 Å². The lowest BCUT2D eigenvalue weighted by molar-refractivity contribution is -0.147. The van der Waals surface area contributed by atoms with Crippen LogP contribution in [-0.2, 0) is 20.9 Å². The van der Waals surface area contributed by atoms with Crippen molar-refractivity contribution >= 4 is 11.8 Å². The van der Waals surface area contributed by atoms with Crippen molar-refractivity contribution in [2.45, 2.75) is 38.5 Å². The molecular weight excluding hydrogens is 254 g/mol. The number of nitrogens with zero attached hydrogens (tertiary/aromatic N) is 1. The molecule has 1 saturated heterocycles. The molecule has 1 heterocycles. The lowest BCUT2D eigenvalue weighted by Gasteiger charge is -2.24. The van der Waals surface area contributed by atoms with Crippen LogP contribution < -0.4 is 0 Å². The highest BCUT2D eigenvalue weighted by Crippen LogP contribution is 2.47. The molecule has 3 atom stereocenters. The zero-order valence-electron chi connectivity index (χ0n) is 11.6. The van der Waals surface area contributed by atoms with Gasteiger partial charge in [-0.3, -0.25) is 14.5 Å². The number of hydrogen-bond acceptors (Lipinski definition) is 4. The Balaban J connectivity index is 1.52. The van der Waals surface area contributed by atoms with Gasteiger partial charge < -0.3 is 4.74 Å². The van der Waals surface area contributed by atoms with Gasteiger partial charge in [0.25, 0.3) is 0 Å². The molecule has 0 bridgehead atoms. The first-order chi connectivity index (χ1) is 9.65. The molecule has 0 unspecified atom stereocenters. The second kappa shape index (κ2) is 5.37. The van der Waals surface area contributed by atoms with Crippen molar-refractivity contribution in [1.82, 2.24) is 4.90 Å². The van der Waals surface area contributed by atoms with Crippen molar-refractivity contribution in [2.24, 2.45) is 5.92 Å². The van der Waals surface area contributed by atoms with Gasteiger partial charge in [0.05, 0.1) is 12.6 Å². The number of ketones is 1. The molecule has 0 N–H and O–H groups in total. The van der Waals surface area contributed by atoms with E-state index in [1.807, 2.05) is 35.2 Å². The lowest BCUT2D eigenvalue weighted by atomic mass is 10.1. The average Bonchev–Trinajstić information content (AvgIpc) is 3.13. The number of carbonyl (C=O) groups excluding carboxylic acids is 2. The number of rotatable bonds is 5. The maximum Gasteiger partial charge on any atom is 0.320 e. The average molecular weight is 273 g/mol. The molecule has 1 aromatic carbocycles. The minimum atomic E-state index is -0.243. The monoisotopic (exact) mass is 273 g/mol. The summed E-state index contributed by atoms with van der Waals surface area (Å²) in [7, 11) is 0. The Bertz CT molecular complexity index is 514. The maximum absolute atomic E-state index is 11.9. The van der Waals surface area contributed by atoms with Crippen molar-refractivity contribution in [3.05, 3.63) is 35.9 Å². The third-order valence-electron chi connectivity index (χ3n) is 4.26. The maximum atomic E-state index is 11.9. The fourth-order valence-electron chi connectivity index (χ4n) is 3.10. The number of fused-ring (bicyclic) bond motifs is 1. The third kappa shape index (κ3) is 2.75. The quantitative estimate of drug-likeness (QED) is 0.767. The van der Waals surface area contributed by atoms with Crippen molar-refractivity contribution in [1.29, 1.82) is 0 Å². The van der Waals surface area contributed by atoms with Crippen molar-refractivity contribution in [2.75, 3.05) is 6.54 Å². The first-order valence-electron chi connectivity index (χ1n) is 7.11. The normalized spacial score (nSPS) is 27.9. The Morgan fingerprint density at radius 3 is 2.70 bits per heavy atom. The lowest BCUT2D eigenvalue weighted by Crippen LogP contribution is -2.41. The first-order valence-corrected chi connectivity index (χ1v) is 7.11. The number of likely N-dealkylation sites (tertiary alicyclic amines) is 1. The summed E-state index contributed by atoms with van der Waals surface area (Å²) in [5.41, 5.74) is 0.981. The molecule has 1 saturated carbocycles. The highest BCUT2D eigenvalue weighted by Gasteiger charge is 2.53. The highest BCUT2D eigenvalue weighted by molar-refractivity contribution is 5.83. The summed E-state index contributed by atoms with van der Waals surface area (Å²) in [5.74, 6) is 0.534. The van der Waals surface area contributed by atoms with Crippen molar-refractivity contribution in [3.8, 4) is 0 Å². The number of Topliss-reactive ketones (excluding diaryl/α,β-unsaturated/α-hetero) is 1. The highest BCUT2D eigenvalue weighted by atomic mass is 16.5. The topological polar surface area (TPSA) is 46.6 Å². The summed E-state index contributed by atoms with van der Waals surface area (Å²) in [6.45, 7) is 2.14. The Kier molecular flexibility index (Phi) is 3.57. The standard InChI is InChI=1S/C16H19NO3/c1-11(18)14-7-13-8-15(13)17(14)9-16(19)20-10-12-5-3-2-4-6-12/h2-6,13-15H,7-10H2,1H3/t13-,14+,15+/m0/s1. The second-order valence-corrected chi connectivity index (χ2v) is 5.74. The zero-order valence-corrected chi connectivity index (χ0v) is 11.6. The van der Waals surface area contributed by atoms with Crippen LogP contribution in [0.15, 0.2) is 30.3 Å². The van der Waals surface area contributed by atoms with Crippen LogP contribution >= 0.6 is 0 Å². The molecule has 1 aliphatic heterocycles. The summed E-state index contributed by atoms with van der Waals surface area (Å²) in [6.07, 6.45) is 2.03. The van der Waals surface area contributed by atoms with Crippen LogP contribution in [-0.4, -0.2) is 35.3 Å². The molecule has 106 valence electrons. The van der Waals surface area contributed by atoms with Gasteiger partial charge in [-0.05, 0) is 31.2 Å². The summed E-state index contributed by atoms with van der Waals surface area (Å²) in [5, 5.41) is 0. The van der Waals surface area contributed by atoms with Gasteiger partial charge in [-0.1, -0.05) is 30.3 Å². The van der Waals surface area contributed by atoms with E-state index < -0.39 is 0 Å². The SMILES string of the molecule is CC(=O)[C@H]1C[C@H]2C[C@H]2N1CC(=O)OCc1ccccc1. The van der Waals surface area contributed by atoms with Gasteiger partial charge in [-0.25, -0.2) is 0 Å². The van der Waals surface area contributed by atoms with E-state index in [1.165, 1.54) is 0 Å². The number of hydrogen-bond donors (Lipinski definition) is 0. The minimum absolute atomic E-state index is 0.0805. The Morgan fingerprint density at radius 1 is 1.25 bits per heavy atom. The second-order valence-electron chi connectivity index (χ2n) is 5.74. The van der Waals surface area contributed by atoms with E-state index >= 15 is 0 Å². The molecule has 0 amide bonds. The van der Waals surface area contributed by atoms with E-state index in [4.69, 9.17) is 4.74 Å². The van der Waals surface area contributed by atoms with Crippen LogP contribution in [0.3, 0.4) is 0 Å². The summed E-state index contributed by atoms with van der Waals surface area (Å²) < 4.78 is 5.29. The number of ether oxygens (including phenoxy) is 1. The molecule has 0 radical (unpaired) electrons. The summed E-state index contributed by atoms with van der Waals surface area (Å²) >= 11 is 0. The minimum Gasteiger partial charge on any atom is -0.460 e. The molecule has 3 rings (SSSR count). The van der Waals surface area contributed by atoms with Gasteiger partial charge >= 0.3 is 5.97 Å². The number of esters is 1. The predicted molar refractivity (Wildman–Crippen MR) is 73.9 cm³/mol. The van der Waals surface area contributed by atoms with E-state index in [0.29, 0.717) is 18.6 Å². The number of carbonyl (C=O) groups is 2. The van der Waals surface area contributed by atoms with E-state index in [0.717, 1.165) is 18.4 Å². The van der Waals surface area contributed by atoms with Gasteiger partial charge in [-0.15, -0.1) is 0 Å². The van der Waals surface area contributed by atoms with Crippen LogP contribution in [0.1, 0.15) is 25.3 Å². The Labute approximate surface area is 118 Å².